The second-order valence-electron chi connectivity index (χ2n) is 7.73. The average molecular weight is 347 g/mol. The van der Waals surface area contributed by atoms with Crippen molar-refractivity contribution in [3.8, 4) is 0 Å². The van der Waals surface area contributed by atoms with Crippen LogP contribution in [0.1, 0.15) is 57.7 Å². The van der Waals surface area contributed by atoms with Crippen LogP contribution in [0, 0.1) is 12.8 Å². The predicted octanol–water partition coefficient (Wildman–Crippen LogP) is 3.70. The van der Waals surface area contributed by atoms with Crippen molar-refractivity contribution in [2.45, 2.75) is 65.6 Å². The number of ether oxygens (including phenoxy) is 1. The Morgan fingerprint density at radius 3 is 2.44 bits per heavy atom. The number of likely N-dealkylation sites (tertiary alicyclic amines) is 1. The van der Waals surface area contributed by atoms with Gasteiger partial charge in [0.2, 0.25) is 5.91 Å². The number of benzene rings is 1. The highest BCUT2D eigenvalue weighted by Crippen LogP contribution is 2.19. The highest BCUT2D eigenvalue weighted by Gasteiger charge is 2.27. The van der Waals surface area contributed by atoms with Gasteiger partial charge in [-0.2, -0.15) is 0 Å². The molecule has 0 bridgehead atoms. The smallest absolute Gasteiger partial charge is 0.237 e. The number of piperidine rings is 1. The Morgan fingerprint density at radius 2 is 1.84 bits per heavy atom. The summed E-state index contributed by atoms with van der Waals surface area (Å²) in [4.78, 5) is 14.9. The predicted molar refractivity (Wildman–Crippen MR) is 103 cm³/mol. The maximum absolute atomic E-state index is 12.6. The summed E-state index contributed by atoms with van der Waals surface area (Å²) in [7, 11) is 0. The molecule has 1 heterocycles. The van der Waals surface area contributed by atoms with Gasteiger partial charge in [0.15, 0.2) is 0 Å². The van der Waals surface area contributed by atoms with Gasteiger partial charge < -0.3 is 10.1 Å². The Balaban J connectivity index is 1.81. The third kappa shape index (κ3) is 5.82. The lowest BCUT2D eigenvalue weighted by atomic mass is 10.0. The summed E-state index contributed by atoms with van der Waals surface area (Å²) in [5.74, 6) is 0.683. The van der Waals surface area contributed by atoms with Crippen LogP contribution in [0.2, 0.25) is 0 Å². The molecule has 2 atom stereocenters. The molecular weight excluding hydrogens is 312 g/mol. The van der Waals surface area contributed by atoms with E-state index in [1.807, 2.05) is 19.1 Å². The van der Waals surface area contributed by atoms with Crippen molar-refractivity contribution < 1.29 is 9.53 Å². The molecule has 140 valence electrons. The lowest BCUT2D eigenvalue weighted by Crippen LogP contribution is -2.49. The van der Waals surface area contributed by atoms with E-state index in [9.17, 15) is 4.79 Å². The minimum Gasteiger partial charge on any atom is -0.378 e. The van der Waals surface area contributed by atoms with Crippen LogP contribution in [0.4, 0.5) is 0 Å². The van der Waals surface area contributed by atoms with E-state index in [0.29, 0.717) is 12.0 Å². The summed E-state index contributed by atoms with van der Waals surface area (Å²) in [6.45, 7) is 13.2. The lowest BCUT2D eigenvalue weighted by molar-refractivity contribution is -0.127. The fourth-order valence-electron chi connectivity index (χ4n) is 3.41. The molecule has 25 heavy (non-hydrogen) atoms. The highest BCUT2D eigenvalue weighted by atomic mass is 16.5. The quantitative estimate of drug-likeness (QED) is 0.818. The van der Waals surface area contributed by atoms with E-state index in [-0.39, 0.29) is 18.0 Å². The van der Waals surface area contributed by atoms with E-state index in [4.69, 9.17) is 4.74 Å². The summed E-state index contributed by atoms with van der Waals surface area (Å²) in [5, 5.41) is 3.17. The van der Waals surface area contributed by atoms with Crippen molar-refractivity contribution in [2.75, 3.05) is 19.7 Å². The number of nitrogens with one attached hydrogen (secondary N) is 1. The highest BCUT2D eigenvalue weighted by molar-refractivity contribution is 5.81. The van der Waals surface area contributed by atoms with E-state index in [1.165, 1.54) is 11.1 Å². The second kappa shape index (κ2) is 9.35. The van der Waals surface area contributed by atoms with E-state index >= 15 is 0 Å². The fraction of sp³-hybridized carbons (Fsp3) is 0.667. The number of carbonyl (C=O) groups is 1. The van der Waals surface area contributed by atoms with Gasteiger partial charge in [0.25, 0.3) is 0 Å². The number of carbonyl (C=O) groups excluding carboxylic acids is 1. The zero-order valence-corrected chi connectivity index (χ0v) is 16.4. The molecule has 2 unspecified atom stereocenters. The standard InChI is InChI=1S/C21H34N2O2/c1-15(2)14-25-19-10-12-23(13-11-19)18(5)21(24)22-17(4)20-9-7-6-8-16(20)3/h6-9,15,17-19H,10-14H2,1-5H3,(H,22,24). The zero-order valence-electron chi connectivity index (χ0n) is 16.4. The minimum absolute atomic E-state index is 0.0306. The van der Waals surface area contributed by atoms with Gasteiger partial charge in [-0.1, -0.05) is 38.1 Å². The molecule has 1 aliphatic heterocycles. The molecule has 4 nitrogen and oxygen atoms in total. The molecule has 4 heteroatoms. The molecule has 0 radical (unpaired) electrons. The Kier molecular flexibility index (Phi) is 7.45. The van der Waals surface area contributed by atoms with Gasteiger partial charge in [0.1, 0.15) is 0 Å². The van der Waals surface area contributed by atoms with Crippen LogP contribution < -0.4 is 5.32 Å². The Labute approximate surface area is 152 Å². The molecule has 0 aliphatic carbocycles. The first-order chi connectivity index (χ1) is 11.9. The molecule has 1 amide bonds. The first kappa shape index (κ1) is 19.9. The molecule has 0 saturated carbocycles. The van der Waals surface area contributed by atoms with Crippen LogP contribution in [0.3, 0.4) is 0 Å². The molecule has 1 N–H and O–H groups in total. The summed E-state index contributed by atoms with van der Waals surface area (Å²) in [5.41, 5.74) is 2.40. The summed E-state index contributed by atoms with van der Waals surface area (Å²) in [6, 6.07) is 8.16. The van der Waals surface area contributed by atoms with E-state index in [1.54, 1.807) is 0 Å². The summed E-state index contributed by atoms with van der Waals surface area (Å²) >= 11 is 0. The van der Waals surface area contributed by atoms with Crippen molar-refractivity contribution in [3.63, 3.8) is 0 Å². The van der Waals surface area contributed by atoms with E-state index in [0.717, 1.165) is 32.5 Å². The van der Waals surface area contributed by atoms with Crippen molar-refractivity contribution in [1.82, 2.24) is 10.2 Å². The van der Waals surface area contributed by atoms with Crippen molar-refractivity contribution in [1.29, 1.82) is 0 Å². The van der Waals surface area contributed by atoms with Gasteiger partial charge in [0.05, 0.1) is 18.2 Å². The largest absolute Gasteiger partial charge is 0.378 e. The fourth-order valence-corrected chi connectivity index (χ4v) is 3.41. The minimum atomic E-state index is -0.0995. The summed E-state index contributed by atoms with van der Waals surface area (Å²) < 4.78 is 5.94. The molecule has 0 spiro atoms. The van der Waals surface area contributed by atoms with Gasteiger partial charge in [-0.25, -0.2) is 0 Å². The molecular formula is C21H34N2O2. The molecule has 1 aromatic carbocycles. The van der Waals surface area contributed by atoms with Crippen LogP contribution in [0.15, 0.2) is 24.3 Å². The summed E-state index contributed by atoms with van der Waals surface area (Å²) in [6.07, 6.45) is 2.37. The van der Waals surface area contributed by atoms with Crippen molar-refractivity contribution >= 4 is 5.91 Å². The van der Waals surface area contributed by atoms with Gasteiger partial charge in [-0.3, -0.25) is 9.69 Å². The van der Waals surface area contributed by atoms with E-state index in [2.05, 4.69) is 50.0 Å². The second-order valence-corrected chi connectivity index (χ2v) is 7.73. The number of nitrogens with zero attached hydrogens (tertiary/aromatic N) is 1. The molecule has 1 aromatic rings. The van der Waals surface area contributed by atoms with Gasteiger partial charge in [-0.15, -0.1) is 0 Å². The molecule has 2 rings (SSSR count). The molecule has 1 fully saturated rings. The normalized spacial score (nSPS) is 19.0. The molecule has 1 saturated heterocycles. The first-order valence-corrected chi connectivity index (χ1v) is 9.60. The third-order valence-electron chi connectivity index (χ3n) is 5.08. The number of hydrogen-bond acceptors (Lipinski definition) is 3. The topological polar surface area (TPSA) is 41.6 Å². The van der Waals surface area contributed by atoms with Crippen LogP contribution in [0.5, 0.6) is 0 Å². The van der Waals surface area contributed by atoms with Crippen molar-refractivity contribution in [3.05, 3.63) is 35.4 Å². The number of aryl methyl sites for hydroxylation is 1. The Bertz CT molecular complexity index is 551. The maximum atomic E-state index is 12.6. The molecule has 1 aliphatic rings. The lowest BCUT2D eigenvalue weighted by Gasteiger charge is -2.35. The zero-order chi connectivity index (χ0) is 18.4. The van der Waals surface area contributed by atoms with Crippen molar-refractivity contribution in [2.24, 2.45) is 5.92 Å². The number of hydrogen-bond donors (Lipinski definition) is 1. The number of amides is 1. The van der Waals surface area contributed by atoms with Crippen LogP contribution in [-0.2, 0) is 9.53 Å². The SMILES string of the molecule is Cc1ccccc1C(C)NC(=O)C(C)N1CCC(OCC(C)C)CC1. The van der Waals surface area contributed by atoms with Gasteiger partial charge in [0, 0.05) is 19.7 Å². The Hall–Kier alpha value is -1.39. The molecule has 0 aromatic heterocycles. The Morgan fingerprint density at radius 1 is 1.20 bits per heavy atom. The maximum Gasteiger partial charge on any atom is 0.237 e. The van der Waals surface area contributed by atoms with Gasteiger partial charge >= 0.3 is 0 Å². The van der Waals surface area contributed by atoms with Crippen LogP contribution in [-0.4, -0.2) is 42.6 Å². The average Bonchev–Trinajstić information content (AvgIpc) is 2.60. The van der Waals surface area contributed by atoms with Crippen LogP contribution >= 0.6 is 0 Å². The van der Waals surface area contributed by atoms with Gasteiger partial charge in [-0.05, 0) is 50.7 Å². The number of rotatable bonds is 7. The van der Waals surface area contributed by atoms with Crippen LogP contribution in [0.25, 0.3) is 0 Å². The third-order valence-corrected chi connectivity index (χ3v) is 5.08. The van der Waals surface area contributed by atoms with E-state index < -0.39 is 0 Å². The monoisotopic (exact) mass is 346 g/mol. The first-order valence-electron chi connectivity index (χ1n) is 9.60.